The highest BCUT2D eigenvalue weighted by atomic mass is 16.5. The summed E-state index contributed by atoms with van der Waals surface area (Å²) in [5.74, 6) is 0. The van der Waals surface area contributed by atoms with Gasteiger partial charge in [-0.1, -0.05) is 24.3 Å². The molecule has 94 valence electrons. The Morgan fingerprint density at radius 3 is 2.88 bits per heavy atom. The predicted octanol–water partition coefficient (Wildman–Crippen LogP) is 1.58. The molecule has 1 aliphatic rings. The molecular weight excluding hydrogens is 212 g/mol. The van der Waals surface area contributed by atoms with E-state index in [1.807, 2.05) is 0 Å². The molecule has 0 bridgehead atoms. The van der Waals surface area contributed by atoms with Gasteiger partial charge in [0.2, 0.25) is 0 Å². The number of fused-ring (bicyclic) bond motifs is 1. The van der Waals surface area contributed by atoms with Gasteiger partial charge >= 0.3 is 0 Å². The highest BCUT2D eigenvalue weighted by Gasteiger charge is 2.31. The Balaban J connectivity index is 1.97. The van der Waals surface area contributed by atoms with Crippen LogP contribution < -0.4 is 5.73 Å². The molecule has 1 aromatic carbocycles. The van der Waals surface area contributed by atoms with Crippen molar-refractivity contribution in [2.24, 2.45) is 5.73 Å². The lowest BCUT2D eigenvalue weighted by Crippen LogP contribution is -2.39. The summed E-state index contributed by atoms with van der Waals surface area (Å²) in [7, 11) is 3.91. The second-order valence-electron chi connectivity index (χ2n) is 4.82. The van der Waals surface area contributed by atoms with Gasteiger partial charge in [0, 0.05) is 32.3 Å². The van der Waals surface area contributed by atoms with Gasteiger partial charge in [0.05, 0.1) is 0 Å². The van der Waals surface area contributed by atoms with E-state index in [1.54, 1.807) is 7.11 Å². The standard InChI is InChI=1S/C14H22N2O/c1-16(8-5-9-17-2)13-10-11-6-3-4-7-12(11)14(13)15/h3-4,6-7,13-14H,5,8-10,15H2,1-2H3. The lowest BCUT2D eigenvalue weighted by molar-refractivity contribution is 0.160. The molecule has 0 aliphatic heterocycles. The molecule has 17 heavy (non-hydrogen) atoms. The molecule has 0 amide bonds. The van der Waals surface area contributed by atoms with Crippen LogP contribution in [0.3, 0.4) is 0 Å². The van der Waals surface area contributed by atoms with E-state index in [2.05, 4.69) is 36.2 Å². The van der Waals surface area contributed by atoms with E-state index < -0.39 is 0 Å². The van der Waals surface area contributed by atoms with E-state index >= 15 is 0 Å². The molecular formula is C14H22N2O. The van der Waals surface area contributed by atoms with Crippen molar-refractivity contribution in [3.63, 3.8) is 0 Å². The average molecular weight is 234 g/mol. The van der Waals surface area contributed by atoms with Gasteiger partial charge < -0.3 is 15.4 Å². The zero-order valence-electron chi connectivity index (χ0n) is 10.7. The first-order chi connectivity index (χ1) is 8.24. The van der Waals surface area contributed by atoms with E-state index in [4.69, 9.17) is 10.5 Å². The van der Waals surface area contributed by atoms with Crippen LogP contribution in [0, 0.1) is 0 Å². The van der Waals surface area contributed by atoms with E-state index in [0.29, 0.717) is 6.04 Å². The molecule has 3 nitrogen and oxygen atoms in total. The summed E-state index contributed by atoms with van der Waals surface area (Å²) < 4.78 is 5.09. The van der Waals surface area contributed by atoms with Crippen molar-refractivity contribution < 1.29 is 4.74 Å². The molecule has 1 aliphatic carbocycles. The summed E-state index contributed by atoms with van der Waals surface area (Å²) >= 11 is 0. The fraction of sp³-hybridized carbons (Fsp3) is 0.571. The number of benzene rings is 1. The van der Waals surface area contributed by atoms with Gasteiger partial charge in [0.1, 0.15) is 0 Å². The van der Waals surface area contributed by atoms with Gasteiger partial charge in [-0.05, 0) is 31.0 Å². The summed E-state index contributed by atoms with van der Waals surface area (Å²) in [6, 6.07) is 9.11. The second kappa shape index (κ2) is 5.63. The van der Waals surface area contributed by atoms with Crippen LogP contribution in [-0.2, 0) is 11.2 Å². The van der Waals surface area contributed by atoms with Crippen molar-refractivity contribution in [1.82, 2.24) is 4.90 Å². The minimum Gasteiger partial charge on any atom is -0.385 e. The predicted molar refractivity (Wildman–Crippen MR) is 70.0 cm³/mol. The number of hydrogen-bond acceptors (Lipinski definition) is 3. The third-order valence-electron chi connectivity index (χ3n) is 3.68. The number of ether oxygens (including phenoxy) is 1. The van der Waals surface area contributed by atoms with Crippen LogP contribution >= 0.6 is 0 Å². The maximum absolute atomic E-state index is 6.32. The Hall–Kier alpha value is -0.900. The first-order valence-corrected chi connectivity index (χ1v) is 6.26. The quantitative estimate of drug-likeness (QED) is 0.786. The minimum atomic E-state index is 0.152. The second-order valence-corrected chi connectivity index (χ2v) is 4.82. The molecule has 0 radical (unpaired) electrons. The van der Waals surface area contributed by atoms with Gasteiger partial charge in [0.15, 0.2) is 0 Å². The van der Waals surface area contributed by atoms with Crippen molar-refractivity contribution in [2.75, 3.05) is 27.3 Å². The van der Waals surface area contributed by atoms with Gasteiger partial charge in [-0.2, -0.15) is 0 Å². The van der Waals surface area contributed by atoms with E-state index in [-0.39, 0.29) is 6.04 Å². The fourth-order valence-electron chi connectivity index (χ4n) is 2.66. The molecule has 0 spiro atoms. The maximum Gasteiger partial charge on any atom is 0.0474 e. The molecule has 1 aromatic rings. The first-order valence-electron chi connectivity index (χ1n) is 6.26. The molecule has 0 saturated carbocycles. The highest BCUT2D eigenvalue weighted by Crippen LogP contribution is 2.31. The Morgan fingerprint density at radius 1 is 1.41 bits per heavy atom. The summed E-state index contributed by atoms with van der Waals surface area (Å²) in [6.07, 6.45) is 2.13. The summed E-state index contributed by atoms with van der Waals surface area (Å²) in [5.41, 5.74) is 9.04. The topological polar surface area (TPSA) is 38.5 Å². The molecule has 3 heteroatoms. The lowest BCUT2D eigenvalue weighted by atomic mass is 10.1. The Labute approximate surface area is 104 Å². The number of hydrogen-bond donors (Lipinski definition) is 1. The third kappa shape index (κ3) is 2.68. The minimum absolute atomic E-state index is 0.152. The zero-order chi connectivity index (χ0) is 12.3. The maximum atomic E-state index is 6.32. The number of likely N-dealkylation sites (N-methyl/N-ethyl adjacent to an activating group) is 1. The van der Waals surface area contributed by atoms with Gasteiger partial charge in [-0.25, -0.2) is 0 Å². The zero-order valence-corrected chi connectivity index (χ0v) is 10.7. The molecule has 2 atom stereocenters. The molecule has 2 unspecified atom stereocenters. The first kappa shape index (κ1) is 12.6. The summed E-state index contributed by atoms with van der Waals surface area (Å²) in [6.45, 7) is 1.86. The summed E-state index contributed by atoms with van der Waals surface area (Å²) in [5, 5.41) is 0. The lowest BCUT2D eigenvalue weighted by Gasteiger charge is -2.27. The van der Waals surface area contributed by atoms with Crippen molar-refractivity contribution in [3.05, 3.63) is 35.4 Å². The number of nitrogens with two attached hydrogens (primary N) is 1. The molecule has 2 rings (SSSR count). The smallest absolute Gasteiger partial charge is 0.0474 e. The Bertz CT molecular complexity index is 367. The van der Waals surface area contributed by atoms with Crippen LogP contribution in [0.25, 0.3) is 0 Å². The van der Waals surface area contributed by atoms with Crippen LogP contribution in [0.1, 0.15) is 23.6 Å². The normalized spacial score (nSPS) is 23.1. The Morgan fingerprint density at radius 2 is 2.18 bits per heavy atom. The largest absolute Gasteiger partial charge is 0.385 e. The molecule has 0 fully saturated rings. The van der Waals surface area contributed by atoms with Crippen LogP contribution in [0.15, 0.2) is 24.3 Å². The molecule has 0 saturated heterocycles. The molecule has 2 N–H and O–H groups in total. The number of methoxy groups -OCH3 is 1. The highest BCUT2D eigenvalue weighted by molar-refractivity contribution is 5.36. The van der Waals surface area contributed by atoms with Crippen molar-refractivity contribution >= 4 is 0 Å². The van der Waals surface area contributed by atoms with Crippen LogP contribution in [0.5, 0.6) is 0 Å². The van der Waals surface area contributed by atoms with Crippen molar-refractivity contribution in [3.8, 4) is 0 Å². The summed E-state index contributed by atoms with van der Waals surface area (Å²) in [4.78, 5) is 2.36. The van der Waals surface area contributed by atoms with Crippen LogP contribution in [0.4, 0.5) is 0 Å². The van der Waals surface area contributed by atoms with E-state index in [1.165, 1.54) is 11.1 Å². The number of rotatable bonds is 5. The van der Waals surface area contributed by atoms with E-state index in [9.17, 15) is 0 Å². The van der Waals surface area contributed by atoms with Crippen LogP contribution in [-0.4, -0.2) is 38.3 Å². The van der Waals surface area contributed by atoms with Gasteiger partial charge in [-0.15, -0.1) is 0 Å². The SMILES string of the molecule is COCCCN(C)C1Cc2ccccc2C1N. The fourth-order valence-corrected chi connectivity index (χ4v) is 2.66. The third-order valence-corrected chi connectivity index (χ3v) is 3.68. The molecule has 0 aromatic heterocycles. The van der Waals surface area contributed by atoms with Gasteiger partial charge in [-0.3, -0.25) is 0 Å². The average Bonchev–Trinajstić information content (AvgIpc) is 2.68. The van der Waals surface area contributed by atoms with Crippen molar-refractivity contribution in [2.45, 2.75) is 24.9 Å². The van der Waals surface area contributed by atoms with Gasteiger partial charge in [0.25, 0.3) is 0 Å². The Kier molecular flexibility index (Phi) is 4.15. The number of nitrogens with zero attached hydrogens (tertiary/aromatic N) is 1. The monoisotopic (exact) mass is 234 g/mol. The van der Waals surface area contributed by atoms with Crippen molar-refractivity contribution in [1.29, 1.82) is 0 Å². The van der Waals surface area contributed by atoms with Crippen LogP contribution in [0.2, 0.25) is 0 Å². The van der Waals surface area contributed by atoms with E-state index in [0.717, 1.165) is 26.0 Å². The molecule has 0 heterocycles.